The van der Waals surface area contributed by atoms with E-state index in [1.807, 2.05) is 0 Å². The molecule has 1 heterocycles. The molecule has 0 aliphatic heterocycles. The van der Waals surface area contributed by atoms with E-state index in [1.54, 1.807) is 7.05 Å². The van der Waals surface area contributed by atoms with Crippen molar-refractivity contribution in [1.29, 1.82) is 0 Å². The second-order valence-corrected chi connectivity index (χ2v) is 4.87. The predicted molar refractivity (Wildman–Crippen MR) is 73.4 cm³/mol. The Morgan fingerprint density at radius 3 is 2.95 bits per heavy atom. The van der Waals surface area contributed by atoms with Crippen molar-refractivity contribution in [3.05, 3.63) is 11.5 Å². The van der Waals surface area contributed by atoms with Crippen molar-refractivity contribution in [3.8, 4) is 0 Å². The Morgan fingerprint density at radius 2 is 2.26 bits per heavy atom. The summed E-state index contributed by atoms with van der Waals surface area (Å²) in [6, 6.07) is 0.196. The van der Waals surface area contributed by atoms with Gasteiger partial charge in [-0.2, -0.15) is 0 Å². The molecule has 0 spiro atoms. The quantitative estimate of drug-likeness (QED) is 0.650. The van der Waals surface area contributed by atoms with Crippen LogP contribution in [0.2, 0.25) is 5.15 Å². The van der Waals surface area contributed by atoms with Gasteiger partial charge in [0.05, 0.1) is 13.0 Å². The summed E-state index contributed by atoms with van der Waals surface area (Å²) in [4.78, 5) is 19.6. The zero-order valence-corrected chi connectivity index (χ0v) is 11.7. The third-order valence-corrected chi connectivity index (χ3v) is 3.65. The molecule has 104 valence electrons. The number of hydrogen-bond acceptors (Lipinski definition) is 6. The van der Waals surface area contributed by atoms with E-state index < -0.39 is 0 Å². The Kier molecular flexibility index (Phi) is 4.42. The van der Waals surface area contributed by atoms with Crippen LogP contribution in [0.5, 0.6) is 0 Å². The topological polar surface area (TPSA) is 76.1 Å². The number of anilines is 2. The van der Waals surface area contributed by atoms with Crippen LogP contribution in [0.1, 0.15) is 19.3 Å². The first-order valence-corrected chi connectivity index (χ1v) is 6.56. The van der Waals surface area contributed by atoms with E-state index in [-0.39, 0.29) is 17.9 Å². The molecule has 2 N–H and O–H groups in total. The fourth-order valence-electron chi connectivity index (χ4n) is 2.38. The highest BCUT2D eigenvalue weighted by molar-refractivity contribution is 6.32. The summed E-state index contributed by atoms with van der Waals surface area (Å²) in [7, 11) is 3.19. The molecule has 0 unspecified atom stereocenters. The number of methoxy groups -OCH3 is 1. The predicted octanol–water partition coefficient (Wildman–Crippen LogP) is 1.93. The Labute approximate surface area is 116 Å². The number of esters is 1. The molecule has 1 aliphatic rings. The number of carbonyl (C=O) groups is 1. The lowest BCUT2D eigenvalue weighted by atomic mass is 10.1. The van der Waals surface area contributed by atoms with Gasteiger partial charge >= 0.3 is 5.97 Å². The van der Waals surface area contributed by atoms with Crippen LogP contribution in [-0.4, -0.2) is 36.1 Å². The minimum absolute atomic E-state index is 0.0298. The monoisotopic (exact) mass is 284 g/mol. The van der Waals surface area contributed by atoms with Crippen LogP contribution in [0.15, 0.2) is 6.33 Å². The largest absolute Gasteiger partial charge is 0.469 e. The number of nitrogens with one attached hydrogen (secondary N) is 2. The zero-order valence-electron chi connectivity index (χ0n) is 10.9. The van der Waals surface area contributed by atoms with E-state index in [0.717, 1.165) is 19.3 Å². The normalized spacial score (nSPS) is 22.1. The van der Waals surface area contributed by atoms with E-state index in [9.17, 15) is 4.79 Å². The molecular formula is C12H17ClN4O2. The van der Waals surface area contributed by atoms with Crippen molar-refractivity contribution in [3.63, 3.8) is 0 Å². The Hall–Kier alpha value is -1.56. The summed E-state index contributed by atoms with van der Waals surface area (Å²) >= 11 is 5.99. The Balaban J connectivity index is 2.03. The molecule has 19 heavy (non-hydrogen) atoms. The highest BCUT2D eigenvalue weighted by Gasteiger charge is 2.31. The van der Waals surface area contributed by atoms with Crippen LogP contribution < -0.4 is 10.6 Å². The first-order chi connectivity index (χ1) is 9.15. The lowest BCUT2D eigenvalue weighted by molar-refractivity contribution is -0.145. The fourth-order valence-corrected chi connectivity index (χ4v) is 2.61. The maximum atomic E-state index is 11.5. The van der Waals surface area contributed by atoms with Gasteiger partial charge in [-0.1, -0.05) is 11.6 Å². The molecule has 1 aromatic heterocycles. The third-order valence-electron chi connectivity index (χ3n) is 3.36. The van der Waals surface area contributed by atoms with Gasteiger partial charge < -0.3 is 15.4 Å². The molecule has 1 aliphatic carbocycles. The first kappa shape index (κ1) is 13.9. The van der Waals surface area contributed by atoms with Gasteiger partial charge in [0.25, 0.3) is 0 Å². The fraction of sp³-hybridized carbons (Fsp3) is 0.583. The molecular weight excluding hydrogens is 268 g/mol. The summed E-state index contributed by atoms with van der Waals surface area (Å²) < 4.78 is 4.77. The first-order valence-electron chi connectivity index (χ1n) is 6.18. The maximum absolute atomic E-state index is 11.5. The van der Waals surface area contributed by atoms with Gasteiger partial charge in [0.1, 0.15) is 12.0 Å². The van der Waals surface area contributed by atoms with Gasteiger partial charge in [0.2, 0.25) is 0 Å². The van der Waals surface area contributed by atoms with Crippen molar-refractivity contribution in [2.24, 2.45) is 5.92 Å². The molecule has 0 amide bonds. The minimum atomic E-state index is -0.140. The van der Waals surface area contributed by atoms with Gasteiger partial charge in [-0.25, -0.2) is 9.97 Å². The molecule has 2 rings (SSSR count). The molecule has 0 bridgehead atoms. The molecule has 0 radical (unpaired) electrons. The Morgan fingerprint density at radius 1 is 1.47 bits per heavy atom. The lowest BCUT2D eigenvalue weighted by Gasteiger charge is -2.16. The molecule has 6 nitrogen and oxygen atoms in total. The van der Waals surface area contributed by atoms with Crippen molar-refractivity contribution in [2.45, 2.75) is 25.3 Å². The molecule has 1 aromatic rings. The van der Waals surface area contributed by atoms with E-state index in [0.29, 0.717) is 16.7 Å². The molecule has 0 saturated heterocycles. The second kappa shape index (κ2) is 6.06. The summed E-state index contributed by atoms with van der Waals surface area (Å²) in [6.45, 7) is 0. The standard InChI is InChI=1S/C12H17ClN4O2/c1-14-9-10(13)15-6-16-11(9)17-8-4-3-7(5-8)12(18)19-2/h6-8,14H,3-5H2,1-2H3,(H,15,16,17)/t7-,8+/m0/s1. The zero-order chi connectivity index (χ0) is 13.8. The summed E-state index contributed by atoms with van der Waals surface area (Å²) in [5.41, 5.74) is 0.672. The van der Waals surface area contributed by atoms with Crippen LogP contribution in [0.4, 0.5) is 11.5 Å². The summed E-state index contributed by atoms with van der Waals surface area (Å²) in [5, 5.41) is 6.65. The van der Waals surface area contributed by atoms with Crippen molar-refractivity contribution in [1.82, 2.24) is 9.97 Å². The number of aromatic nitrogens is 2. The van der Waals surface area contributed by atoms with Gasteiger partial charge in [0, 0.05) is 13.1 Å². The number of carbonyl (C=O) groups excluding carboxylic acids is 1. The summed E-state index contributed by atoms with van der Waals surface area (Å²) in [6.07, 6.45) is 3.90. The van der Waals surface area contributed by atoms with Crippen LogP contribution in [0, 0.1) is 5.92 Å². The van der Waals surface area contributed by atoms with Gasteiger partial charge in [0.15, 0.2) is 11.0 Å². The van der Waals surface area contributed by atoms with Gasteiger partial charge in [-0.3, -0.25) is 4.79 Å². The highest BCUT2D eigenvalue weighted by atomic mass is 35.5. The number of rotatable bonds is 4. The number of ether oxygens (including phenoxy) is 1. The third kappa shape index (κ3) is 3.07. The van der Waals surface area contributed by atoms with Crippen molar-refractivity contribution in [2.75, 3.05) is 24.8 Å². The highest BCUT2D eigenvalue weighted by Crippen LogP contribution is 2.32. The molecule has 1 fully saturated rings. The van der Waals surface area contributed by atoms with Crippen LogP contribution in [-0.2, 0) is 9.53 Å². The van der Waals surface area contributed by atoms with Crippen molar-refractivity contribution >= 4 is 29.1 Å². The smallest absolute Gasteiger partial charge is 0.308 e. The lowest BCUT2D eigenvalue weighted by Crippen LogP contribution is -2.20. The van der Waals surface area contributed by atoms with Crippen LogP contribution in [0.3, 0.4) is 0 Å². The van der Waals surface area contributed by atoms with Gasteiger partial charge in [-0.15, -0.1) is 0 Å². The van der Waals surface area contributed by atoms with Crippen LogP contribution in [0.25, 0.3) is 0 Å². The average Bonchev–Trinajstić information content (AvgIpc) is 2.87. The van der Waals surface area contributed by atoms with E-state index in [4.69, 9.17) is 16.3 Å². The summed E-state index contributed by atoms with van der Waals surface area (Å²) in [5.74, 6) is 0.495. The molecule has 7 heteroatoms. The van der Waals surface area contributed by atoms with Crippen molar-refractivity contribution < 1.29 is 9.53 Å². The van der Waals surface area contributed by atoms with E-state index in [2.05, 4.69) is 20.6 Å². The number of halogens is 1. The van der Waals surface area contributed by atoms with E-state index >= 15 is 0 Å². The Bertz CT molecular complexity index is 469. The van der Waals surface area contributed by atoms with Crippen LogP contribution >= 0.6 is 11.6 Å². The molecule has 0 aromatic carbocycles. The van der Waals surface area contributed by atoms with Gasteiger partial charge in [-0.05, 0) is 19.3 Å². The SMILES string of the molecule is CNc1c(Cl)ncnc1N[C@@H]1CC[C@H](C(=O)OC)C1. The molecule has 1 saturated carbocycles. The average molecular weight is 285 g/mol. The number of nitrogens with zero attached hydrogens (tertiary/aromatic N) is 2. The van der Waals surface area contributed by atoms with E-state index in [1.165, 1.54) is 13.4 Å². The maximum Gasteiger partial charge on any atom is 0.308 e. The minimum Gasteiger partial charge on any atom is -0.469 e. The molecule has 2 atom stereocenters. The second-order valence-electron chi connectivity index (χ2n) is 4.51. The number of hydrogen-bond donors (Lipinski definition) is 2.